The van der Waals surface area contributed by atoms with Gasteiger partial charge in [0.15, 0.2) is 0 Å². The van der Waals surface area contributed by atoms with Crippen LogP contribution >= 0.6 is 11.6 Å². The molecule has 0 aliphatic carbocycles. The predicted molar refractivity (Wildman–Crippen MR) is 89.5 cm³/mol. The van der Waals surface area contributed by atoms with Gasteiger partial charge in [0.2, 0.25) is 5.91 Å². The summed E-state index contributed by atoms with van der Waals surface area (Å²) in [5.74, 6) is 0.707. The molecule has 116 valence electrons. The number of amides is 1. The molecular formula is C17H19ClN2O2. The fraction of sp³-hybridized carbons (Fsp3) is 0.235. The molecule has 0 saturated carbocycles. The molecule has 0 heterocycles. The van der Waals surface area contributed by atoms with Crippen molar-refractivity contribution >= 4 is 23.2 Å². The highest BCUT2D eigenvalue weighted by Gasteiger charge is 2.04. The van der Waals surface area contributed by atoms with Gasteiger partial charge in [-0.3, -0.25) is 4.79 Å². The first-order valence-electron chi connectivity index (χ1n) is 6.98. The van der Waals surface area contributed by atoms with Crippen LogP contribution in [0.5, 0.6) is 5.75 Å². The molecule has 0 radical (unpaired) electrons. The van der Waals surface area contributed by atoms with Crippen molar-refractivity contribution in [2.24, 2.45) is 0 Å². The van der Waals surface area contributed by atoms with Crippen LogP contribution in [-0.4, -0.2) is 19.6 Å². The Morgan fingerprint density at radius 1 is 1.23 bits per heavy atom. The molecule has 2 rings (SSSR count). The molecule has 0 unspecified atom stereocenters. The molecule has 0 aromatic heterocycles. The molecule has 0 aliphatic heterocycles. The molecule has 1 amide bonds. The van der Waals surface area contributed by atoms with E-state index >= 15 is 0 Å². The van der Waals surface area contributed by atoms with Crippen LogP contribution in [-0.2, 0) is 11.3 Å². The molecule has 5 heteroatoms. The van der Waals surface area contributed by atoms with Crippen molar-refractivity contribution < 1.29 is 9.53 Å². The lowest BCUT2D eigenvalue weighted by Crippen LogP contribution is -2.29. The van der Waals surface area contributed by atoms with Crippen LogP contribution < -0.4 is 15.4 Å². The monoisotopic (exact) mass is 318 g/mol. The van der Waals surface area contributed by atoms with Crippen LogP contribution in [0, 0.1) is 6.92 Å². The SMILES string of the molecule is COc1cccc(CNC(=O)CNc2ccc(Cl)cc2C)c1. The highest BCUT2D eigenvalue weighted by Crippen LogP contribution is 2.19. The second-order valence-corrected chi connectivity index (χ2v) is 5.38. The Morgan fingerprint density at radius 3 is 2.77 bits per heavy atom. The first kappa shape index (κ1) is 16.2. The summed E-state index contributed by atoms with van der Waals surface area (Å²) >= 11 is 5.90. The third kappa shape index (κ3) is 4.67. The Labute approximate surface area is 135 Å². The van der Waals surface area contributed by atoms with E-state index in [9.17, 15) is 4.79 Å². The van der Waals surface area contributed by atoms with E-state index in [1.165, 1.54) is 0 Å². The lowest BCUT2D eigenvalue weighted by atomic mass is 10.2. The number of carbonyl (C=O) groups is 1. The van der Waals surface area contributed by atoms with Gasteiger partial charge in [-0.25, -0.2) is 0 Å². The lowest BCUT2D eigenvalue weighted by Gasteiger charge is -2.10. The Kier molecular flexibility index (Phi) is 5.67. The minimum atomic E-state index is -0.0721. The molecule has 22 heavy (non-hydrogen) atoms. The van der Waals surface area contributed by atoms with Crippen LogP contribution in [0.1, 0.15) is 11.1 Å². The summed E-state index contributed by atoms with van der Waals surface area (Å²) < 4.78 is 5.15. The van der Waals surface area contributed by atoms with Gasteiger partial charge in [0.05, 0.1) is 13.7 Å². The number of carbonyl (C=O) groups excluding carboxylic acids is 1. The minimum absolute atomic E-state index is 0.0721. The van der Waals surface area contributed by atoms with E-state index in [1.54, 1.807) is 13.2 Å². The van der Waals surface area contributed by atoms with Gasteiger partial charge in [-0.15, -0.1) is 0 Å². The maximum atomic E-state index is 11.9. The largest absolute Gasteiger partial charge is 0.497 e. The van der Waals surface area contributed by atoms with Crippen molar-refractivity contribution in [2.45, 2.75) is 13.5 Å². The van der Waals surface area contributed by atoms with Crippen molar-refractivity contribution in [1.29, 1.82) is 0 Å². The molecule has 2 aromatic rings. The van der Waals surface area contributed by atoms with Gasteiger partial charge in [-0.05, 0) is 48.4 Å². The molecule has 2 aromatic carbocycles. The van der Waals surface area contributed by atoms with E-state index in [-0.39, 0.29) is 12.5 Å². The zero-order chi connectivity index (χ0) is 15.9. The van der Waals surface area contributed by atoms with E-state index in [0.717, 1.165) is 22.6 Å². The average molecular weight is 319 g/mol. The number of anilines is 1. The fourth-order valence-electron chi connectivity index (χ4n) is 2.05. The maximum Gasteiger partial charge on any atom is 0.239 e. The number of hydrogen-bond acceptors (Lipinski definition) is 3. The van der Waals surface area contributed by atoms with Gasteiger partial charge in [0, 0.05) is 17.3 Å². The maximum absolute atomic E-state index is 11.9. The number of aryl methyl sites for hydroxylation is 1. The van der Waals surface area contributed by atoms with Crippen LogP contribution in [0.15, 0.2) is 42.5 Å². The third-order valence-electron chi connectivity index (χ3n) is 3.25. The van der Waals surface area contributed by atoms with Crippen LogP contribution in [0.25, 0.3) is 0 Å². The molecule has 0 bridgehead atoms. The van der Waals surface area contributed by atoms with Crippen molar-refractivity contribution in [3.05, 3.63) is 58.6 Å². The summed E-state index contributed by atoms with van der Waals surface area (Å²) in [5.41, 5.74) is 2.91. The second-order valence-electron chi connectivity index (χ2n) is 4.94. The lowest BCUT2D eigenvalue weighted by molar-refractivity contribution is -0.119. The number of nitrogens with one attached hydrogen (secondary N) is 2. The molecule has 0 spiro atoms. The molecule has 0 fully saturated rings. The summed E-state index contributed by atoms with van der Waals surface area (Å²) in [4.78, 5) is 11.9. The molecule has 2 N–H and O–H groups in total. The van der Waals surface area contributed by atoms with Crippen molar-refractivity contribution in [3.63, 3.8) is 0 Å². The highest BCUT2D eigenvalue weighted by molar-refractivity contribution is 6.30. The minimum Gasteiger partial charge on any atom is -0.497 e. The Balaban J connectivity index is 1.82. The van der Waals surface area contributed by atoms with Crippen LogP contribution in [0.3, 0.4) is 0 Å². The number of benzene rings is 2. The normalized spacial score (nSPS) is 10.1. The first-order valence-corrected chi connectivity index (χ1v) is 7.36. The molecule has 0 atom stereocenters. The van der Waals surface area contributed by atoms with Gasteiger partial charge in [-0.2, -0.15) is 0 Å². The molecule has 4 nitrogen and oxygen atoms in total. The van der Waals surface area contributed by atoms with Crippen molar-refractivity contribution in [3.8, 4) is 5.75 Å². The Hall–Kier alpha value is -2.20. The number of ether oxygens (including phenoxy) is 1. The van der Waals surface area contributed by atoms with Crippen LogP contribution in [0.2, 0.25) is 5.02 Å². The fourth-order valence-corrected chi connectivity index (χ4v) is 2.27. The van der Waals surface area contributed by atoms with E-state index < -0.39 is 0 Å². The van der Waals surface area contributed by atoms with Crippen molar-refractivity contribution in [1.82, 2.24) is 5.32 Å². The topological polar surface area (TPSA) is 50.4 Å². The number of rotatable bonds is 6. The summed E-state index contributed by atoms with van der Waals surface area (Å²) in [6.45, 7) is 2.63. The van der Waals surface area contributed by atoms with Gasteiger partial charge >= 0.3 is 0 Å². The van der Waals surface area contributed by atoms with Gasteiger partial charge in [0.25, 0.3) is 0 Å². The summed E-state index contributed by atoms with van der Waals surface area (Å²) in [5, 5.41) is 6.66. The second kappa shape index (κ2) is 7.71. The van der Waals surface area contributed by atoms with Gasteiger partial charge in [0.1, 0.15) is 5.75 Å². The zero-order valence-corrected chi connectivity index (χ0v) is 13.4. The average Bonchev–Trinajstić information content (AvgIpc) is 2.52. The highest BCUT2D eigenvalue weighted by atomic mass is 35.5. The van der Waals surface area contributed by atoms with E-state index in [0.29, 0.717) is 11.6 Å². The first-order chi connectivity index (χ1) is 10.6. The Bertz CT molecular complexity index is 659. The predicted octanol–water partition coefficient (Wildman–Crippen LogP) is 3.39. The molecular weight excluding hydrogens is 300 g/mol. The van der Waals surface area contributed by atoms with E-state index in [1.807, 2.05) is 43.3 Å². The summed E-state index contributed by atoms with van der Waals surface area (Å²) in [7, 11) is 1.62. The van der Waals surface area contributed by atoms with Crippen molar-refractivity contribution in [2.75, 3.05) is 19.0 Å². The van der Waals surface area contributed by atoms with E-state index in [4.69, 9.17) is 16.3 Å². The quantitative estimate of drug-likeness (QED) is 0.858. The number of hydrogen-bond donors (Lipinski definition) is 2. The Morgan fingerprint density at radius 2 is 2.05 bits per heavy atom. The number of methoxy groups -OCH3 is 1. The smallest absolute Gasteiger partial charge is 0.239 e. The van der Waals surface area contributed by atoms with Gasteiger partial charge < -0.3 is 15.4 Å². The van der Waals surface area contributed by atoms with Crippen LogP contribution in [0.4, 0.5) is 5.69 Å². The summed E-state index contributed by atoms with van der Waals surface area (Å²) in [6, 6.07) is 13.1. The third-order valence-corrected chi connectivity index (χ3v) is 3.49. The van der Waals surface area contributed by atoms with Gasteiger partial charge in [-0.1, -0.05) is 23.7 Å². The number of halogens is 1. The standard InChI is InChI=1S/C17H19ClN2O2/c1-12-8-14(18)6-7-16(12)19-11-17(21)20-10-13-4-3-5-15(9-13)22-2/h3-9,19H,10-11H2,1-2H3,(H,20,21). The zero-order valence-electron chi connectivity index (χ0n) is 12.7. The molecule has 0 saturated heterocycles. The molecule has 0 aliphatic rings. The summed E-state index contributed by atoms with van der Waals surface area (Å²) in [6.07, 6.45) is 0. The van der Waals surface area contributed by atoms with E-state index in [2.05, 4.69) is 10.6 Å².